The predicted molar refractivity (Wildman–Crippen MR) is 222 cm³/mol. The van der Waals surface area contributed by atoms with Gasteiger partial charge >= 0.3 is 0 Å². The molecule has 4 heteroatoms. The van der Waals surface area contributed by atoms with Gasteiger partial charge in [0.15, 0.2) is 0 Å². The molecule has 0 saturated carbocycles. The lowest BCUT2D eigenvalue weighted by Gasteiger charge is -2.25. The highest BCUT2D eigenvalue weighted by molar-refractivity contribution is 6.21. The summed E-state index contributed by atoms with van der Waals surface area (Å²) in [5, 5.41) is 4.91. The van der Waals surface area contributed by atoms with Crippen LogP contribution in [0.2, 0.25) is 0 Å². The van der Waals surface area contributed by atoms with Gasteiger partial charge in [-0.3, -0.25) is 9.80 Å². The molecule has 0 saturated heterocycles. The molecular weight excluding hydrogens is 645 g/mol. The molecule has 0 bridgehead atoms. The number of fused-ring (bicyclic) bond motifs is 2. The lowest BCUT2D eigenvalue weighted by atomic mass is 9.85. The molecule has 0 spiro atoms. The van der Waals surface area contributed by atoms with Crippen molar-refractivity contribution in [2.45, 2.75) is 6.92 Å². The van der Waals surface area contributed by atoms with Crippen LogP contribution in [0.25, 0.3) is 43.8 Å². The SMILES string of the molecule is Cc1ccc2c(-c3ccc(N(c4ccccc4)c4ccccn4)cc3)c3ccccc3c(-c3ccc(N(c4ccccc4)c4ccccn4)cc3)c2c1. The molecule has 2 heterocycles. The van der Waals surface area contributed by atoms with Crippen LogP contribution in [0.4, 0.5) is 34.4 Å². The zero-order valence-electron chi connectivity index (χ0n) is 29.3. The van der Waals surface area contributed by atoms with E-state index in [-0.39, 0.29) is 0 Å². The van der Waals surface area contributed by atoms with Gasteiger partial charge in [-0.1, -0.05) is 121 Å². The van der Waals surface area contributed by atoms with Gasteiger partial charge in [-0.25, -0.2) is 9.97 Å². The van der Waals surface area contributed by atoms with Crippen LogP contribution in [0.3, 0.4) is 0 Å². The number of anilines is 6. The summed E-state index contributed by atoms with van der Waals surface area (Å²) in [6.07, 6.45) is 3.68. The van der Waals surface area contributed by atoms with Gasteiger partial charge in [0, 0.05) is 35.1 Å². The van der Waals surface area contributed by atoms with E-state index in [1.165, 1.54) is 49.4 Å². The first-order chi connectivity index (χ1) is 26.2. The Morgan fingerprint density at radius 1 is 0.340 bits per heavy atom. The predicted octanol–water partition coefficient (Wildman–Crippen LogP) is 13.4. The zero-order chi connectivity index (χ0) is 35.6. The average Bonchev–Trinajstić information content (AvgIpc) is 3.22. The van der Waals surface area contributed by atoms with Crippen molar-refractivity contribution in [3.8, 4) is 22.3 Å². The summed E-state index contributed by atoms with van der Waals surface area (Å²) in [6.45, 7) is 2.18. The Balaban J connectivity index is 1.18. The summed E-state index contributed by atoms with van der Waals surface area (Å²) in [5.74, 6) is 1.75. The first-order valence-corrected chi connectivity index (χ1v) is 17.9. The van der Waals surface area contributed by atoms with E-state index in [1.54, 1.807) is 0 Å². The minimum atomic E-state index is 0.875. The minimum Gasteiger partial charge on any atom is -0.295 e. The van der Waals surface area contributed by atoms with Gasteiger partial charge in [0.1, 0.15) is 11.6 Å². The summed E-state index contributed by atoms with van der Waals surface area (Å²) in [4.78, 5) is 13.8. The quantitative estimate of drug-likeness (QED) is 0.150. The largest absolute Gasteiger partial charge is 0.295 e. The fourth-order valence-electron chi connectivity index (χ4n) is 7.42. The van der Waals surface area contributed by atoms with Crippen LogP contribution in [-0.4, -0.2) is 9.97 Å². The van der Waals surface area contributed by atoms with Crippen molar-refractivity contribution in [3.63, 3.8) is 0 Å². The highest BCUT2D eigenvalue weighted by Crippen LogP contribution is 2.45. The van der Waals surface area contributed by atoms with Crippen LogP contribution in [0.1, 0.15) is 5.56 Å². The number of nitrogens with zero attached hydrogens (tertiary/aromatic N) is 4. The third-order valence-corrected chi connectivity index (χ3v) is 9.79. The van der Waals surface area contributed by atoms with Crippen LogP contribution >= 0.6 is 0 Å². The van der Waals surface area contributed by atoms with E-state index in [0.717, 1.165) is 34.4 Å². The third kappa shape index (κ3) is 6.07. The van der Waals surface area contributed by atoms with Gasteiger partial charge in [0.05, 0.1) is 0 Å². The zero-order valence-corrected chi connectivity index (χ0v) is 29.3. The first kappa shape index (κ1) is 31.9. The Kier molecular flexibility index (Phi) is 8.39. The number of aromatic nitrogens is 2. The van der Waals surface area contributed by atoms with E-state index in [2.05, 4.69) is 156 Å². The van der Waals surface area contributed by atoms with E-state index >= 15 is 0 Å². The molecule has 252 valence electrons. The van der Waals surface area contributed by atoms with Crippen LogP contribution in [0.5, 0.6) is 0 Å². The second kappa shape index (κ2) is 13.9. The summed E-state index contributed by atoms with van der Waals surface area (Å²) in [6, 6.07) is 66.4. The van der Waals surface area contributed by atoms with E-state index < -0.39 is 0 Å². The minimum absolute atomic E-state index is 0.875. The molecule has 7 aromatic carbocycles. The Bertz CT molecular complexity index is 2560. The van der Waals surface area contributed by atoms with E-state index in [0.29, 0.717) is 0 Å². The summed E-state index contributed by atoms with van der Waals surface area (Å²) >= 11 is 0. The Morgan fingerprint density at radius 3 is 1.19 bits per heavy atom. The molecule has 0 atom stereocenters. The average molecular weight is 681 g/mol. The van der Waals surface area contributed by atoms with Gasteiger partial charge in [0.2, 0.25) is 0 Å². The summed E-state index contributed by atoms with van der Waals surface area (Å²) in [7, 11) is 0. The molecule has 0 aliphatic rings. The van der Waals surface area contributed by atoms with Crippen molar-refractivity contribution in [3.05, 3.63) is 206 Å². The topological polar surface area (TPSA) is 32.3 Å². The molecule has 0 aliphatic heterocycles. The van der Waals surface area contributed by atoms with Crippen molar-refractivity contribution in [1.82, 2.24) is 9.97 Å². The Hall–Kier alpha value is -7.04. The van der Waals surface area contributed by atoms with Gasteiger partial charge in [-0.2, -0.15) is 0 Å². The second-order valence-corrected chi connectivity index (χ2v) is 13.2. The number of benzene rings is 7. The molecule has 0 N–H and O–H groups in total. The molecule has 9 aromatic rings. The van der Waals surface area contributed by atoms with Crippen LogP contribution in [-0.2, 0) is 0 Å². The molecule has 0 amide bonds. The van der Waals surface area contributed by atoms with Gasteiger partial charge in [0.25, 0.3) is 0 Å². The second-order valence-electron chi connectivity index (χ2n) is 13.2. The molecule has 0 aliphatic carbocycles. The van der Waals surface area contributed by atoms with Crippen molar-refractivity contribution in [1.29, 1.82) is 0 Å². The highest BCUT2D eigenvalue weighted by atomic mass is 15.2. The Morgan fingerprint density at radius 2 is 0.736 bits per heavy atom. The van der Waals surface area contributed by atoms with Crippen molar-refractivity contribution in [2.75, 3.05) is 9.80 Å². The monoisotopic (exact) mass is 680 g/mol. The number of hydrogen-bond acceptors (Lipinski definition) is 4. The van der Waals surface area contributed by atoms with E-state index in [4.69, 9.17) is 9.97 Å². The lowest BCUT2D eigenvalue weighted by Crippen LogP contribution is -2.11. The molecule has 0 fully saturated rings. The maximum Gasteiger partial charge on any atom is 0.137 e. The maximum atomic E-state index is 4.71. The molecule has 4 nitrogen and oxygen atoms in total. The number of aryl methyl sites for hydroxylation is 1. The fraction of sp³-hybridized carbons (Fsp3) is 0.0204. The van der Waals surface area contributed by atoms with Crippen LogP contribution in [0.15, 0.2) is 200 Å². The van der Waals surface area contributed by atoms with Gasteiger partial charge < -0.3 is 0 Å². The fourth-order valence-corrected chi connectivity index (χ4v) is 7.42. The van der Waals surface area contributed by atoms with E-state index in [1.807, 2.05) is 60.9 Å². The first-order valence-electron chi connectivity index (χ1n) is 17.9. The number of para-hydroxylation sites is 2. The van der Waals surface area contributed by atoms with Crippen molar-refractivity contribution < 1.29 is 0 Å². The number of rotatable bonds is 8. The lowest BCUT2D eigenvalue weighted by molar-refractivity contribution is 1.18. The van der Waals surface area contributed by atoms with E-state index in [9.17, 15) is 0 Å². The normalized spacial score (nSPS) is 11.1. The van der Waals surface area contributed by atoms with Gasteiger partial charge in [-0.05, 0) is 124 Å². The highest BCUT2D eigenvalue weighted by Gasteiger charge is 2.19. The smallest absolute Gasteiger partial charge is 0.137 e. The molecule has 0 unspecified atom stereocenters. The van der Waals surface area contributed by atoms with Crippen molar-refractivity contribution in [2.24, 2.45) is 0 Å². The molecular formula is C49H36N4. The molecule has 9 rings (SSSR count). The molecule has 53 heavy (non-hydrogen) atoms. The third-order valence-electron chi connectivity index (χ3n) is 9.79. The Labute approximate surface area is 309 Å². The summed E-state index contributed by atoms with van der Waals surface area (Å²) in [5.41, 5.74) is 10.3. The van der Waals surface area contributed by atoms with Crippen LogP contribution in [0, 0.1) is 6.92 Å². The van der Waals surface area contributed by atoms with Crippen molar-refractivity contribution >= 4 is 55.9 Å². The summed E-state index contributed by atoms with van der Waals surface area (Å²) < 4.78 is 0. The maximum absolute atomic E-state index is 4.71. The molecule has 0 radical (unpaired) electrons. The standard InChI is InChI=1S/C49H36N4/c1-35-22-31-44-45(34-35)49(37-25-29-41(30-26-37)53(39-16-6-3-7-17-39)47-21-11-13-33-51-47)43-19-9-8-18-42(43)48(44)36-23-27-40(28-24-36)52(38-14-4-2-5-15-38)46-20-10-12-32-50-46/h2-34H,1H3. The number of pyridine rings is 2. The molecule has 2 aromatic heterocycles. The van der Waals surface area contributed by atoms with Crippen LogP contribution < -0.4 is 9.80 Å². The van der Waals surface area contributed by atoms with Gasteiger partial charge in [-0.15, -0.1) is 0 Å². The number of hydrogen-bond donors (Lipinski definition) is 0.